The minimum Gasteiger partial charge on any atom is -0.493 e. The Hall–Kier alpha value is -1.85. The standard InChI is InChI=1S/C11H15N3O3/c1-17-8-7-12-11(13-9(8)10(15)16)14-5-3-2-4-6-14/h7H,2-6H2,1H3,(H,15,16). The molecule has 0 amide bonds. The fraction of sp³-hybridized carbons (Fsp3) is 0.545. The van der Waals surface area contributed by atoms with Crippen LogP contribution in [0.3, 0.4) is 0 Å². The van der Waals surface area contributed by atoms with E-state index in [1.54, 1.807) is 0 Å². The van der Waals surface area contributed by atoms with Crippen molar-refractivity contribution in [3.63, 3.8) is 0 Å². The van der Waals surface area contributed by atoms with E-state index in [1.807, 2.05) is 4.90 Å². The third-order valence-corrected chi connectivity index (χ3v) is 2.80. The highest BCUT2D eigenvalue weighted by Gasteiger charge is 2.19. The van der Waals surface area contributed by atoms with Crippen molar-refractivity contribution >= 4 is 11.9 Å². The van der Waals surface area contributed by atoms with Gasteiger partial charge in [0.05, 0.1) is 13.3 Å². The fourth-order valence-electron chi connectivity index (χ4n) is 1.91. The van der Waals surface area contributed by atoms with Crippen LogP contribution in [0.25, 0.3) is 0 Å². The van der Waals surface area contributed by atoms with Gasteiger partial charge in [-0.05, 0) is 19.3 Å². The van der Waals surface area contributed by atoms with E-state index in [0.717, 1.165) is 25.9 Å². The molecule has 1 N–H and O–H groups in total. The minimum absolute atomic E-state index is 0.0805. The van der Waals surface area contributed by atoms with Crippen molar-refractivity contribution < 1.29 is 14.6 Å². The summed E-state index contributed by atoms with van der Waals surface area (Å²) in [5.41, 5.74) is -0.0805. The van der Waals surface area contributed by atoms with Crippen LogP contribution in [0.15, 0.2) is 6.20 Å². The molecule has 1 fully saturated rings. The van der Waals surface area contributed by atoms with Gasteiger partial charge >= 0.3 is 5.97 Å². The molecule has 1 aliphatic rings. The maximum Gasteiger partial charge on any atom is 0.358 e. The quantitative estimate of drug-likeness (QED) is 0.850. The van der Waals surface area contributed by atoms with E-state index in [2.05, 4.69) is 9.97 Å². The highest BCUT2D eigenvalue weighted by atomic mass is 16.5. The van der Waals surface area contributed by atoms with Crippen LogP contribution in [0.4, 0.5) is 5.95 Å². The van der Waals surface area contributed by atoms with Crippen molar-refractivity contribution in [2.75, 3.05) is 25.1 Å². The molecule has 0 unspecified atom stereocenters. The number of anilines is 1. The summed E-state index contributed by atoms with van der Waals surface area (Å²) < 4.78 is 4.92. The van der Waals surface area contributed by atoms with Crippen LogP contribution in [-0.2, 0) is 0 Å². The lowest BCUT2D eigenvalue weighted by molar-refractivity contribution is 0.0686. The molecule has 17 heavy (non-hydrogen) atoms. The normalized spacial score (nSPS) is 15.7. The second-order valence-electron chi connectivity index (χ2n) is 3.94. The Labute approximate surface area is 99.2 Å². The number of carbonyl (C=O) groups is 1. The first-order valence-electron chi connectivity index (χ1n) is 5.61. The zero-order valence-electron chi connectivity index (χ0n) is 9.72. The van der Waals surface area contributed by atoms with Crippen molar-refractivity contribution in [1.82, 2.24) is 9.97 Å². The van der Waals surface area contributed by atoms with Crippen LogP contribution in [0.1, 0.15) is 29.8 Å². The van der Waals surface area contributed by atoms with E-state index >= 15 is 0 Å². The molecule has 6 nitrogen and oxygen atoms in total. The Morgan fingerprint density at radius 3 is 2.71 bits per heavy atom. The van der Waals surface area contributed by atoms with Gasteiger partial charge < -0.3 is 14.7 Å². The fourth-order valence-corrected chi connectivity index (χ4v) is 1.91. The molecule has 0 aromatic carbocycles. The molecule has 1 saturated heterocycles. The number of rotatable bonds is 3. The van der Waals surface area contributed by atoms with Gasteiger partial charge in [0, 0.05) is 13.1 Å². The summed E-state index contributed by atoms with van der Waals surface area (Å²) >= 11 is 0. The lowest BCUT2D eigenvalue weighted by Crippen LogP contribution is -2.31. The summed E-state index contributed by atoms with van der Waals surface area (Å²) in [5, 5.41) is 9.03. The maximum atomic E-state index is 11.0. The van der Waals surface area contributed by atoms with Crippen LogP contribution in [0.2, 0.25) is 0 Å². The molecule has 1 aromatic rings. The summed E-state index contributed by atoms with van der Waals surface area (Å²) in [6.07, 6.45) is 4.81. The summed E-state index contributed by atoms with van der Waals surface area (Å²) in [4.78, 5) is 21.2. The Bertz CT molecular complexity index is 416. The monoisotopic (exact) mass is 237 g/mol. The van der Waals surface area contributed by atoms with Crippen LogP contribution in [-0.4, -0.2) is 41.2 Å². The molecule has 0 saturated carbocycles. The predicted molar refractivity (Wildman–Crippen MR) is 61.6 cm³/mol. The van der Waals surface area contributed by atoms with Crippen molar-refractivity contribution in [1.29, 1.82) is 0 Å². The van der Waals surface area contributed by atoms with E-state index in [4.69, 9.17) is 9.84 Å². The lowest BCUT2D eigenvalue weighted by Gasteiger charge is -2.26. The van der Waals surface area contributed by atoms with Crippen molar-refractivity contribution in [3.05, 3.63) is 11.9 Å². The molecule has 0 spiro atoms. The van der Waals surface area contributed by atoms with Gasteiger partial charge in [-0.3, -0.25) is 0 Å². The second-order valence-corrected chi connectivity index (χ2v) is 3.94. The largest absolute Gasteiger partial charge is 0.493 e. The Morgan fingerprint density at radius 2 is 2.12 bits per heavy atom. The molecule has 6 heteroatoms. The van der Waals surface area contributed by atoms with Crippen molar-refractivity contribution in [3.8, 4) is 5.75 Å². The Balaban J connectivity index is 2.29. The van der Waals surface area contributed by atoms with Gasteiger partial charge in [-0.2, -0.15) is 0 Å². The minimum atomic E-state index is -1.09. The molecule has 92 valence electrons. The van der Waals surface area contributed by atoms with E-state index in [0.29, 0.717) is 5.95 Å². The first-order chi connectivity index (χ1) is 8.22. The van der Waals surface area contributed by atoms with E-state index in [9.17, 15) is 4.79 Å². The molecule has 1 aromatic heterocycles. The van der Waals surface area contributed by atoms with Gasteiger partial charge in [-0.1, -0.05) is 0 Å². The predicted octanol–water partition coefficient (Wildman–Crippen LogP) is 1.17. The Morgan fingerprint density at radius 1 is 1.41 bits per heavy atom. The number of hydrogen-bond donors (Lipinski definition) is 1. The number of carboxylic acids is 1. The third kappa shape index (κ3) is 2.46. The summed E-state index contributed by atoms with van der Waals surface area (Å²) in [5.74, 6) is -0.427. The van der Waals surface area contributed by atoms with E-state index in [-0.39, 0.29) is 11.4 Å². The molecular weight excluding hydrogens is 222 g/mol. The SMILES string of the molecule is COc1cnc(N2CCCCC2)nc1C(=O)O. The van der Waals surface area contributed by atoms with Crippen molar-refractivity contribution in [2.45, 2.75) is 19.3 Å². The summed E-state index contributed by atoms with van der Waals surface area (Å²) in [7, 11) is 1.41. The average molecular weight is 237 g/mol. The zero-order valence-corrected chi connectivity index (χ0v) is 9.72. The maximum absolute atomic E-state index is 11.0. The molecule has 0 aliphatic carbocycles. The van der Waals surface area contributed by atoms with Crippen LogP contribution in [0, 0.1) is 0 Å². The average Bonchev–Trinajstić information content (AvgIpc) is 2.39. The van der Waals surface area contributed by atoms with Gasteiger partial charge in [-0.25, -0.2) is 14.8 Å². The third-order valence-electron chi connectivity index (χ3n) is 2.80. The summed E-state index contributed by atoms with van der Waals surface area (Å²) in [6.45, 7) is 1.76. The molecule has 2 rings (SSSR count). The number of piperidine rings is 1. The summed E-state index contributed by atoms with van der Waals surface area (Å²) in [6, 6.07) is 0. The molecule has 1 aliphatic heterocycles. The lowest BCUT2D eigenvalue weighted by atomic mass is 10.1. The second kappa shape index (κ2) is 4.99. The Kier molecular flexibility index (Phi) is 3.41. The molecule has 0 atom stereocenters. The molecular formula is C11H15N3O3. The van der Waals surface area contributed by atoms with Crippen LogP contribution in [0.5, 0.6) is 5.75 Å². The number of ether oxygens (including phenoxy) is 1. The first kappa shape index (κ1) is 11.6. The van der Waals surface area contributed by atoms with Gasteiger partial charge in [0.25, 0.3) is 0 Å². The highest BCUT2D eigenvalue weighted by molar-refractivity contribution is 5.88. The number of aromatic nitrogens is 2. The molecule has 0 radical (unpaired) electrons. The topological polar surface area (TPSA) is 75.5 Å². The van der Waals surface area contributed by atoms with Crippen molar-refractivity contribution in [2.24, 2.45) is 0 Å². The number of carboxylic acid groups (broad SMARTS) is 1. The highest BCUT2D eigenvalue weighted by Crippen LogP contribution is 2.20. The van der Waals surface area contributed by atoms with Gasteiger partial charge in [-0.15, -0.1) is 0 Å². The first-order valence-corrected chi connectivity index (χ1v) is 5.61. The van der Waals surface area contributed by atoms with E-state index in [1.165, 1.54) is 19.7 Å². The number of methoxy groups -OCH3 is 1. The van der Waals surface area contributed by atoms with Gasteiger partial charge in [0.1, 0.15) is 0 Å². The van der Waals surface area contributed by atoms with Gasteiger partial charge in [0.2, 0.25) is 5.95 Å². The van der Waals surface area contributed by atoms with Crippen LogP contribution >= 0.6 is 0 Å². The number of aromatic carboxylic acids is 1. The number of hydrogen-bond acceptors (Lipinski definition) is 5. The molecule has 0 bridgehead atoms. The smallest absolute Gasteiger partial charge is 0.358 e. The van der Waals surface area contributed by atoms with Gasteiger partial charge in [0.15, 0.2) is 11.4 Å². The van der Waals surface area contributed by atoms with E-state index < -0.39 is 5.97 Å². The zero-order chi connectivity index (χ0) is 12.3. The molecule has 2 heterocycles. The number of nitrogens with zero attached hydrogens (tertiary/aromatic N) is 3. The van der Waals surface area contributed by atoms with Crippen LogP contribution < -0.4 is 9.64 Å².